The van der Waals surface area contributed by atoms with Crippen LogP contribution >= 0.6 is 18.5 Å². The molecule has 5 heteroatoms. The van der Waals surface area contributed by atoms with Gasteiger partial charge in [-0.1, -0.05) is 18.5 Å². The first-order valence-corrected chi connectivity index (χ1v) is 12.5. The van der Waals surface area contributed by atoms with Crippen LogP contribution in [0.25, 0.3) is 0 Å². The highest BCUT2D eigenvalue weighted by Gasteiger charge is 2.40. The van der Waals surface area contributed by atoms with E-state index in [2.05, 4.69) is 26.6 Å². The molecule has 1 aliphatic heterocycles. The number of rotatable bonds is 4. The number of hydrogen-bond donors (Lipinski definition) is 0. The Morgan fingerprint density at radius 2 is 1.69 bits per heavy atom. The van der Waals surface area contributed by atoms with Crippen molar-refractivity contribution in [3.8, 4) is 0 Å². The van der Waals surface area contributed by atoms with Crippen LogP contribution in [0.5, 0.6) is 0 Å². The summed E-state index contributed by atoms with van der Waals surface area (Å²) in [6, 6.07) is 3.82. The van der Waals surface area contributed by atoms with Gasteiger partial charge in [-0.2, -0.15) is 0 Å². The van der Waals surface area contributed by atoms with Crippen molar-refractivity contribution in [3.63, 3.8) is 0 Å². The highest BCUT2D eigenvalue weighted by Crippen LogP contribution is 2.44. The predicted octanol–water partition coefficient (Wildman–Crippen LogP) is 5.03. The number of carbonyl (C=O) groups is 2. The molecule has 0 saturated heterocycles. The standard InChI is InChI=1S/C21H27ClNO2P/c1-13-10-18(22)15(11-14(2)26(3,4)5)12-19(13)23-20(24)16-8-6-7-9-17(16)21(23)25/h10,12,14H,3,6-9,11H2,1-2,4-5H3. The molecule has 0 fully saturated rings. The van der Waals surface area contributed by atoms with Crippen LogP contribution in [0.4, 0.5) is 5.69 Å². The Labute approximate surface area is 161 Å². The molecule has 0 saturated carbocycles. The minimum absolute atomic E-state index is 0.140. The molecule has 1 aliphatic carbocycles. The smallest absolute Gasteiger partial charge is 0.261 e. The topological polar surface area (TPSA) is 37.4 Å². The van der Waals surface area contributed by atoms with E-state index < -0.39 is 6.89 Å². The van der Waals surface area contributed by atoms with Gasteiger partial charge in [0.15, 0.2) is 0 Å². The van der Waals surface area contributed by atoms with Gasteiger partial charge in [0.25, 0.3) is 11.8 Å². The van der Waals surface area contributed by atoms with Crippen molar-refractivity contribution in [3.05, 3.63) is 39.4 Å². The first-order chi connectivity index (χ1) is 12.1. The summed E-state index contributed by atoms with van der Waals surface area (Å²) in [4.78, 5) is 27.2. The predicted molar refractivity (Wildman–Crippen MR) is 113 cm³/mol. The molecular formula is C21H27ClNO2P. The minimum Gasteiger partial charge on any atom is -0.269 e. The molecule has 0 bridgehead atoms. The first kappa shape index (κ1) is 19.5. The molecule has 0 aromatic heterocycles. The van der Waals surface area contributed by atoms with E-state index in [0.29, 0.717) is 29.2 Å². The van der Waals surface area contributed by atoms with E-state index in [4.69, 9.17) is 11.6 Å². The molecule has 1 heterocycles. The lowest BCUT2D eigenvalue weighted by molar-refractivity contribution is -0.120. The molecule has 3 nitrogen and oxygen atoms in total. The molecule has 0 spiro atoms. The Balaban J connectivity index is 1.99. The van der Waals surface area contributed by atoms with E-state index in [1.807, 2.05) is 19.1 Å². The number of benzene rings is 1. The van der Waals surface area contributed by atoms with Crippen LogP contribution in [0.1, 0.15) is 43.7 Å². The largest absolute Gasteiger partial charge is 0.269 e. The molecule has 2 amide bonds. The van der Waals surface area contributed by atoms with Crippen molar-refractivity contribution < 1.29 is 9.59 Å². The third-order valence-electron chi connectivity index (χ3n) is 5.70. The first-order valence-electron chi connectivity index (χ1n) is 9.19. The van der Waals surface area contributed by atoms with Crippen molar-refractivity contribution in [1.82, 2.24) is 0 Å². The summed E-state index contributed by atoms with van der Waals surface area (Å²) in [5.41, 5.74) is 4.39. The number of anilines is 1. The Hall–Kier alpha value is -1.31. The number of imide groups is 1. The molecule has 26 heavy (non-hydrogen) atoms. The lowest BCUT2D eigenvalue weighted by Gasteiger charge is -2.24. The second kappa shape index (κ2) is 7.02. The van der Waals surface area contributed by atoms with E-state index >= 15 is 0 Å². The number of carbonyl (C=O) groups excluding carboxylic acids is 2. The maximum Gasteiger partial charge on any atom is 0.261 e. The van der Waals surface area contributed by atoms with Crippen LogP contribution in [-0.4, -0.2) is 37.1 Å². The quantitative estimate of drug-likeness (QED) is 0.533. The zero-order valence-electron chi connectivity index (χ0n) is 16.1. The summed E-state index contributed by atoms with van der Waals surface area (Å²) < 4.78 is 0. The molecule has 140 valence electrons. The Kier molecular flexibility index (Phi) is 5.25. The summed E-state index contributed by atoms with van der Waals surface area (Å²) in [6.07, 6.45) is 8.53. The maximum atomic E-state index is 12.9. The molecule has 1 atom stereocenters. The van der Waals surface area contributed by atoms with Crippen LogP contribution in [0.2, 0.25) is 5.02 Å². The summed E-state index contributed by atoms with van der Waals surface area (Å²) in [5, 5.41) is 0.698. The lowest BCUT2D eigenvalue weighted by atomic mass is 9.93. The summed E-state index contributed by atoms with van der Waals surface area (Å²) in [5.74, 6) is -0.279. The summed E-state index contributed by atoms with van der Waals surface area (Å²) in [6.45, 7) is 7.28. The van der Waals surface area contributed by atoms with Crippen LogP contribution in [0, 0.1) is 6.92 Å². The van der Waals surface area contributed by atoms with Gasteiger partial charge >= 0.3 is 0 Å². The number of amides is 2. The molecule has 0 radical (unpaired) electrons. The second-order valence-corrected chi connectivity index (χ2v) is 13.0. The average molecular weight is 392 g/mol. The van der Waals surface area contributed by atoms with Crippen molar-refractivity contribution in [1.29, 1.82) is 0 Å². The fourth-order valence-corrected chi connectivity index (χ4v) is 4.61. The van der Waals surface area contributed by atoms with Crippen molar-refractivity contribution in [2.75, 3.05) is 18.2 Å². The molecular weight excluding hydrogens is 365 g/mol. The third kappa shape index (κ3) is 3.44. The van der Waals surface area contributed by atoms with E-state index in [-0.39, 0.29) is 11.8 Å². The van der Waals surface area contributed by atoms with E-state index in [1.165, 1.54) is 4.90 Å². The summed E-state index contributed by atoms with van der Waals surface area (Å²) in [7, 11) is 0. The van der Waals surface area contributed by atoms with Gasteiger partial charge in [0.1, 0.15) is 0 Å². The van der Waals surface area contributed by atoms with Gasteiger partial charge in [0.2, 0.25) is 0 Å². The van der Waals surface area contributed by atoms with Crippen LogP contribution < -0.4 is 4.90 Å². The van der Waals surface area contributed by atoms with Gasteiger partial charge in [0, 0.05) is 16.2 Å². The highest BCUT2D eigenvalue weighted by molar-refractivity contribution is 7.72. The van der Waals surface area contributed by atoms with E-state index in [1.54, 1.807) is 0 Å². The fraction of sp³-hybridized carbons (Fsp3) is 0.476. The Morgan fingerprint density at radius 1 is 1.15 bits per heavy atom. The van der Waals surface area contributed by atoms with E-state index in [9.17, 15) is 9.59 Å². The number of aryl methyl sites for hydroxylation is 1. The third-order valence-corrected chi connectivity index (χ3v) is 8.63. The van der Waals surface area contributed by atoms with Gasteiger partial charge in [0.05, 0.1) is 5.69 Å². The number of halogens is 1. The Bertz CT molecular complexity index is 837. The van der Waals surface area contributed by atoms with Crippen molar-refractivity contribution >= 4 is 42.3 Å². The monoisotopic (exact) mass is 391 g/mol. The zero-order valence-corrected chi connectivity index (χ0v) is 17.7. The number of hydrogen-bond acceptors (Lipinski definition) is 2. The average Bonchev–Trinajstić information content (AvgIpc) is 2.81. The molecule has 1 aromatic carbocycles. The highest BCUT2D eigenvalue weighted by atomic mass is 35.5. The second-order valence-electron chi connectivity index (χ2n) is 8.17. The minimum atomic E-state index is -1.25. The van der Waals surface area contributed by atoms with Crippen molar-refractivity contribution in [2.45, 2.75) is 51.6 Å². The molecule has 2 aliphatic rings. The van der Waals surface area contributed by atoms with Crippen LogP contribution in [-0.2, 0) is 16.0 Å². The van der Waals surface area contributed by atoms with E-state index in [0.717, 1.165) is 41.5 Å². The Morgan fingerprint density at radius 3 is 2.19 bits per heavy atom. The molecule has 3 rings (SSSR count). The summed E-state index contributed by atoms with van der Waals surface area (Å²) >= 11 is 6.49. The van der Waals surface area contributed by atoms with Gasteiger partial charge in [-0.25, -0.2) is 4.90 Å². The molecule has 0 N–H and O–H groups in total. The SMILES string of the molecule is C=P(C)(C)C(C)Cc1cc(N2C(=O)C3=C(CCCC3)C2=O)c(C)cc1Cl. The van der Waals surface area contributed by atoms with Gasteiger partial charge in [-0.15, -0.1) is 13.2 Å². The van der Waals surface area contributed by atoms with Gasteiger partial charge in [-0.05, 0) is 81.3 Å². The lowest BCUT2D eigenvalue weighted by Crippen LogP contribution is -2.32. The van der Waals surface area contributed by atoms with Crippen LogP contribution in [0.15, 0.2) is 23.3 Å². The zero-order chi connectivity index (χ0) is 19.2. The molecule has 1 unspecified atom stereocenters. The molecule has 1 aromatic rings. The number of nitrogens with zero attached hydrogens (tertiary/aromatic N) is 1. The maximum absolute atomic E-state index is 12.9. The van der Waals surface area contributed by atoms with Crippen molar-refractivity contribution in [2.24, 2.45) is 0 Å². The van der Waals surface area contributed by atoms with Gasteiger partial charge in [-0.3, -0.25) is 9.59 Å². The fourth-order valence-electron chi connectivity index (χ4n) is 3.63. The van der Waals surface area contributed by atoms with Gasteiger partial charge < -0.3 is 0 Å². The normalized spacial score (nSPS) is 19.2. The van der Waals surface area contributed by atoms with Crippen LogP contribution in [0.3, 0.4) is 0 Å².